The summed E-state index contributed by atoms with van der Waals surface area (Å²) in [4.78, 5) is 27.1. The maximum atomic E-state index is 13.7. The van der Waals surface area contributed by atoms with Crippen LogP contribution >= 0.6 is 23.4 Å². The Morgan fingerprint density at radius 1 is 1.25 bits per heavy atom. The molecule has 0 radical (unpaired) electrons. The molecule has 0 aromatic heterocycles. The quantitative estimate of drug-likeness (QED) is 0.795. The number of ether oxygens (including phenoxy) is 1. The fourth-order valence-corrected chi connectivity index (χ4v) is 3.40. The van der Waals surface area contributed by atoms with E-state index in [0.717, 1.165) is 0 Å². The molecule has 8 heteroatoms. The summed E-state index contributed by atoms with van der Waals surface area (Å²) in [6, 6.07) is 4.54. The molecule has 2 rings (SSSR count). The molecule has 0 N–H and O–H groups in total. The van der Waals surface area contributed by atoms with E-state index >= 15 is 0 Å². The molecule has 0 spiro atoms. The van der Waals surface area contributed by atoms with Crippen molar-refractivity contribution in [2.24, 2.45) is 0 Å². The van der Waals surface area contributed by atoms with Gasteiger partial charge in [0.05, 0.1) is 12.4 Å². The van der Waals surface area contributed by atoms with Gasteiger partial charge < -0.3 is 14.5 Å². The first-order chi connectivity index (χ1) is 11.5. The average Bonchev–Trinajstić information content (AvgIpc) is 2.57. The smallest absolute Gasteiger partial charge is 0.409 e. The molecule has 0 saturated carbocycles. The summed E-state index contributed by atoms with van der Waals surface area (Å²) in [7, 11) is 0. The van der Waals surface area contributed by atoms with E-state index in [2.05, 4.69) is 0 Å². The minimum Gasteiger partial charge on any atom is -0.450 e. The highest BCUT2D eigenvalue weighted by molar-refractivity contribution is 7.99. The largest absolute Gasteiger partial charge is 0.450 e. The highest BCUT2D eigenvalue weighted by Gasteiger charge is 2.24. The number of carbonyl (C=O) groups is 2. The fourth-order valence-electron chi connectivity index (χ4n) is 2.33. The van der Waals surface area contributed by atoms with E-state index in [0.29, 0.717) is 49.1 Å². The molecule has 1 aliphatic rings. The van der Waals surface area contributed by atoms with Gasteiger partial charge in [-0.2, -0.15) is 0 Å². The van der Waals surface area contributed by atoms with Crippen LogP contribution in [0.2, 0.25) is 5.02 Å². The van der Waals surface area contributed by atoms with Crippen LogP contribution in [-0.2, 0) is 15.3 Å². The molecule has 0 aliphatic carbocycles. The molecule has 0 atom stereocenters. The highest BCUT2D eigenvalue weighted by atomic mass is 35.5. The maximum Gasteiger partial charge on any atom is 0.409 e. The van der Waals surface area contributed by atoms with E-state index in [1.54, 1.807) is 28.9 Å². The molecule has 1 aromatic carbocycles. The summed E-state index contributed by atoms with van der Waals surface area (Å²) in [6.45, 7) is 4.04. The Bertz CT molecular complexity index is 595. The van der Waals surface area contributed by atoms with Crippen molar-refractivity contribution in [2.45, 2.75) is 12.7 Å². The molecule has 0 bridgehead atoms. The van der Waals surface area contributed by atoms with Crippen molar-refractivity contribution in [1.29, 1.82) is 0 Å². The summed E-state index contributed by atoms with van der Waals surface area (Å²) in [5.74, 6) is 0.335. The third-order valence-corrected chi connectivity index (χ3v) is 4.86. The molecule has 24 heavy (non-hydrogen) atoms. The van der Waals surface area contributed by atoms with Crippen LogP contribution in [0.4, 0.5) is 9.18 Å². The molecule has 1 saturated heterocycles. The van der Waals surface area contributed by atoms with Gasteiger partial charge in [0.2, 0.25) is 5.91 Å². The van der Waals surface area contributed by atoms with Gasteiger partial charge in [-0.3, -0.25) is 4.79 Å². The van der Waals surface area contributed by atoms with Crippen LogP contribution in [0.1, 0.15) is 12.5 Å². The van der Waals surface area contributed by atoms with E-state index in [9.17, 15) is 14.0 Å². The van der Waals surface area contributed by atoms with Crippen molar-refractivity contribution in [3.63, 3.8) is 0 Å². The predicted octanol–water partition coefficient (Wildman–Crippen LogP) is 3.01. The second kappa shape index (κ2) is 9.13. The lowest BCUT2D eigenvalue weighted by Crippen LogP contribution is -2.51. The Kier molecular flexibility index (Phi) is 7.17. The lowest BCUT2D eigenvalue weighted by molar-refractivity contribution is -0.129. The summed E-state index contributed by atoms with van der Waals surface area (Å²) in [5.41, 5.74) is 0.532. The number of nitrogens with zero attached hydrogens (tertiary/aromatic N) is 2. The zero-order chi connectivity index (χ0) is 17.5. The standard InChI is InChI=1S/C16H20ClFN2O3S/c1-2-23-16(22)20-7-5-19(6-8-20)15(21)11-24-10-12-3-4-13(17)9-14(12)18/h3-4,9H,2,5-8,10-11H2,1H3. The number of benzene rings is 1. The van der Waals surface area contributed by atoms with Crippen molar-refractivity contribution < 1.29 is 18.7 Å². The monoisotopic (exact) mass is 374 g/mol. The predicted molar refractivity (Wildman–Crippen MR) is 92.7 cm³/mol. The molecule has 1 fully saturated rings. The van der Waals surface area contributed by atoms with Crippen LogP contribution in [0.3, 0.4) is 0 Å². The summed E-state index contributed by atoms with van der Waals surface area (Å²) in [5, 5.41) is 0.358. The number of amides is 2. The van der Waals surface area contributed by atoms with Gasteiger partial charge in [0.1, 0.15) is 5.82 Å². The number of thioether (sulfide) groups is 1. The van der Waals surface area contributed by atoms with E-state index in [-0.39, 0.29) is 23.6 Å². The van der Waals surface area contributed by atoms with Crippen molar-refractivity contribution in [3.05, 3.63) is 34.6 Å². The van der Waals surface area contributed by atoms with Gasteiger partial charge in [-0.15, -0.1) is 11.8 Å². The number of hydrogen-bond donors (Lipinski definition) is 0. The van der Waals surface area contributed by atoms with Crippen LogP contribution in [-0.4, -0.2) is 60.3 Å². The average molecular weight is 375 g/mol. The van der Waals surface area contributed by atoms with Gasteiger partial charge in [-0.25, -0.2) is 9.18 Å². The second-order valence-corrected chi connectivity index (χ2v) is 6.72. The lowest BCUT2D eigenvalue weighted by Gasteiger charge is -2.34. The Morgan fingerprint density at radius 3 is 2.54 bits per heavy atom. The molecule has 1 aliphatic heterocycles. The number of hydrogen-bond acceptors (Lipinski definition) is 4. The minimum absolute atomic E-state index is 0.00196. The van der Waals surface area contributed by atoms with Crippen molar-refractivity contribution in [1.82, 2.24) is 9.80 Å². The number of carbonyl (C=O) groups excluding carboxylic acids is 2. The van der Waals surface area contributed by atoms with Gasteiger partial charge in [0, 0.05) is 37.0 Å². The van der Waals surface area contributed by atoms with Crippen LogP contribution in [0.25, 0.3) is 0 Å². The highest BCUT2D eigenvalue weighted by Crippen LogP contribution is 2.20. The second-order valence-electron chi connectivity index (χ2n) is 5.30. The van der Waals surface area contributed by atoms with Crippen LogP contribution in [0, 0.1) is 5.82 Å². The third kappa shape index (κ3) is 5.27. The van der Waals surface area contributed by atoms with Gasteiger partial charge in [0.15, 0.2) is 0 Å². The first-order valence-electron chi connectivity index (χ1n) is 7.72. The maximum absolute atomic E-state index is 13.7. The summed E-state index contributed by atoms with van der Waals surface area (Å²) in [6.07, 6.45) is -0.336. The molecular weight excluding hydrogens is 355 g/mol. The molecule has 5 nitrogen and oxygen atoms in total. The number of piperazine rings is 1. The van der Waals surface area contributed by atoms with Crippen LogP contribution < -0.4 is 0 Å². The van der Waals surface area contributed by atoms with Gasteiger partial charge >= 0.3 is 6.09 Å². The first kappa shape index (κ1) is 18.9. The molecule has 1 heterocycles. The zero-order valence-electron chi connectivity index (χ0n) is 13.5. The third-order valence-electron chi connectivity index (χ3n) is 3.66. The fraction of sp³-hybridized carbons (Fsp3) is 0.500. The van der Waals surface area contributed by atoms with Crippen molar-refractivity contribution in [3.8, 4) is 0 Å². The minimum atomic E-state index is -0.356. The normalized spacial score (nSPS) is 14.6. The topological polar surface area (TPSA) is 49.9 Å². The van der Waals surface area contributed by atoms with Gasteiger partial charge in [-0.1, -0.05) is 17.7 Å². The molecule has 132 valence electrons. The van der Waals surface area contributed by atoms with E-state index in [4.69, 9.17) is 16.3 Å². The Hall–Kier alpha value is -1.47. The SMILES string of the molecule is CCOC(=O)N1CCN(C(=O)CSCc2ccc(Cl)cc2F)CC1. The summed E-state index contributed by atoms with van der Waals surface area (Å²) < 4.78 is 18.6. The molecule has 1 aromatic rings. The first-order valence-corrected chi connectivity index (χ1v) is 9.25. The number of halogens is 2. The lowest BCUT2D eigenvalue weighted by atomic mass is 10.2. The van der Waals surface area contributed by atoms with Crippen LogP contribution in [0.15, 0.2) is 18.2 Å². The van der Waals surface area contributed by atoms with E-state index in [1.165, 1.54) is 17.8 Å². The van der Waals surface area contributed by atoms with Gasteiger partial charge in [0.25, 0.3) is 0 Å². The van der Waals surface area contributed by atoms with Gasteiger partial charge in [-0.05, 0) is 24.6 Å². The number of rotatable bonds is 5. The Morgan fingerprint density at radius 2 is 1.92 bits per heavy atom. The van der Waals surface area contributed by atoms with E-state index in [1.807, 2.05) is 0 Å². The molecule has 0 unspecified atom stereocenters. The Balaban J connectivity index is 1.73. The Labute approximate surface area is 150 Å². The summed E-state index contributed by atoms with van der Waals surface area (Å²) >= 11 is 7.08. The van der Waals surface area contributed by atoms with E-state index < -0.39 is 0 Å². The molecule has 2 amide bonds. The van der Waals surface area contributed by atoms with Crippen molar-refractivity contribution in [2.75, 3.05) is 38.5 Å². The zero-order valence-corrected chi connectivity index (χ0v) is 15.0. The van der Waals surface area contributed by atoms with Crippen molar-refractivity contribution >= 4 is 35.4 Å². The molecular formula is C16H20ClFN2O3S. The van der Waals surface area contributed by atoms with Crippen LogP contribution in [0.5, 0.6) is 0 Å².